The second-order valence-corrected chi connectivity index (χ2v) is 8.05. The fourth-order valence-electron chi connectivity index (χ4n) is 2.16. The third-order valence-electron chi connectivity index (χ3n) is 3.10. The molecule has 0 aromatic heterocycles. The standard InChI is InChI=1S/C18H29N3O6/c1-17(2,3)26-15(23)20-14(21-16(24)27-18(4,5)6)19-12-9-8-11(10-12)13(22)25-7/h8-9,11-12H,10H2,1-7H3,(H2,19,20,21,23,24)/t11-,12+/m1/s1. The second-order valence-electron chi connectivity index (χ2n) is 8.05. The van der Waals surface area contributed by atoms with Crippen molar-refractivity contribution in [2.75, 3.05) is 7.11 Å². The fourth-order valence-corrected chi connectivity index (χ4v) is 2.16. The Morgan fingerprint density at radius 3 is 1.81 bits per heavy atom. The zero-order valence-corrected chi connectivity index (χ0v) is 16.9. The lowest BCUT2D eigenvalue weighted by Crippen LogP contribution is -2.47. The number of amides is 2. The average molecular weight is 383 g/mol. The van der Waals surface area contributed by atoms with Crippen LogP contribution in [0.5, 0.6) is 0 Å². The Morgan fingerprint density at radius 2 is 1.41 bits per heavy atom. The highest BCUT2D eigenvalue weighted by atomic mass is 16.6. The molecule has 2 amide bonds. The van der Waals surface area contributed by atoms with Gasteiger partial charge in [0.05, 0.1) is 19.1 Å². The zero-order chi connectivity index (χ0) is 20.8. The average Bonchev–Trinajstić information content (AvgIpc) is 2.90. The molecule has 0 aliphatic heterocycles. The van der Waals surface area contributed by atoms with E-state index in [-0.39, 0.29) is 11.9 Å². The Morgan fingerprint density at radius 1 is 0.926 bits per heavy atom. The Balaban J connectivity index is 2.87. The summed E-state index contributed by atoms with van der Waals surface area (Å²) in [6.45, 7) is 10.3. The quantitative estimate of drug-likeness (QED) is 0.249. The van der Waals surface area contributed by atoms with Crippen molar-refractivity contribution in [3.05, 3.63) is 12.2 Å². The van der Waals surface area contributed by atoms with Crippen LogP contribution in [-0.4, -0.2) is 48.5 Å². The van der Waals surface area contributed by atoms with Gasteiger partial charge >= 0.3 is 18.2 Å². The molecule has 152 valence electrons. The number of hydrogen-bond acceptors (Lipinski definition) is 7. The van der Waals surface area contributed by atoms with Gasteiger partial charge in [0.15, 0.2) is 0 Å². The van der Waals surface area contributed by atoms with Crippen LogP contribution in [0.25, 0.3) is 0 Å². The van der Waals surface area contributed by atoms with Crippen LogP contribution in [0.3, 0.4) is 0 Å². The highest BCUT2D eigenvalue weighted by Crippen LogP contribution is 2.21. The minimum Gasteiger partial charge on any atom is -0.469 e. The summed E-state index contributed by atoms with van der Waals surface area (Å²) in [7, 11) is 1.31. The first-order valence-corrected chi connectivity index (χ1v) is 8.63. The number of ether oxygens (including phenoxy) is 3. The lowest BCUT2D eigenvalue weighted by atomic mass is 10.1. The van der Waals surface area contributed by atoms with Gasteiger partial charge in [-0.05, 0) is 48.0 Å². The second kappa shape index (κ2) is 8.88. The number of methoxy groups -OCH3 is 1. The third kappa shape index (κ3) is 9.07. The Hall–Kier alpha value is -2.58. The highest BCUT2D eigenvalue weighted by Gasteiger charge is 2.27. The van der Waals surface area contributed by atoms with Crippen molar-refractivity contribution in [2.45, 2.75) is 65.2 Å². The molecule has 2 atom stereocenters. The molecular formula is C18H29N3O6. The van der Waals surface area contributed by atoms with Crippen LogP contribution in [0, 0.1) is 5.92 Å². The summed E-state index contributed by atoms with van der Waals surface area (Å²) in [5.41, 5.74) is -1.44. The van der Waals surface area contributed by atoms with Crippen LogP contribution in [0.2, 0.25) is 0 Å². The molecular weight excluding hydrogens is 354 g/mol. The first-order valence-electron chi connectivity index (χ1n) is 8.63. The Labute approximate surface area is 159 Å². The molecule has 0 aromatic carbocycles. The van der Waals surface area contributed by atoms with Crippen LogP contribution < -0.4 is 10.6 Å². The number of carbonyl (C=O) groups is 3. The minimum atomic E-state index is -0.774. The molecule has 0 unspecified atom stereocenters. The Kier molecular flexibility index (Phi) is 7.38. The van der Waals surface area contributed by atoms with Gasteiger partial charge in [0.2, 0.25) is 5.96 Å². The van der Waals surface area contributed by atoms with E-state index in [0.29, 0.717) is 6.42 Å². The maximum absolute atomic E-state index is 12.0. The monoisotopic (exact) mass is 383 g/mol. The number of rotatable bonds is 2. The van der Waals surface area contributed by atoms with Crippen molar-refractivity contribution in [2.24, 2.45) is 10.9 Å². The van der Waals surface area contributed by atoms with Gasteiger partial charge in [0.25, 0.3) is 0 Å². The molecule has 1 aliphatic carbocycles. The van der Waals surface area contributed by atoms with Crippen molar-refractivity contribution in [1.82, 2.24) is 10.6 Å². The van der Waals surface area contributed by atoms with Crippen LogP contribution in [-0.2, 0) is 19.0 Å². The lowest BCUT2D eigenvalue weighted by molar-refractivity contribution is -0.143. The number of aliphatic imine (C=N–C) groups is 1. The lowest BCUT2D eigenvalue weighted by Gasteiger charge is -2.22. The molecule has 0 radical (unpaired) electrons. The van der Waals surface area contributed by atoms with Gasteiger partial charge in [-0.2, -0.15) is 0 Å². The molecule has 0 bridgehead atoms. The maximum Gasteiger partial charge on any atom is 0.414 e. The van der Waals surface area contributed by atoms with E-state index < -0.39 is 35.3 Å². The van der Waals surface area contributed by atoms with Gasteiger partial charge in [-0.3, -0.25) is 15.4 Å². The molecule has 0 saturated carbocycles. The van der Waals surface area contributed by atoms with E-state index in [1.165, 1.54) is 7.11 Å². The van der Waals surface area contributed by atoms with E-state index in [2.05, 4.69) is 15.6 Å². The van der Waals surface area contributed by atoms with Crippen LogP contribution in [0.4, 0.5) is 9.59 Å². The highest BCUT2D eigenvalue weighted by molar-refractivity contribution is 6.01. The van der Waals surface area contributed by atoms with Crippen LogP contribution >= 0.6 is 0 Å². The molecule has 0 aromatic rings. The largest absolute Gasteiger partial charge is 0.469 e. The van der Waals surface area contributed by atoms with Crippen molar-refractivity contribution in [3.8, 4) is 0 Å². The summed E-state index contributed by atoms with van der Waals surface area (Å²) in [5, 5.41) is 4.80. The first-order chi connectivity index (χ1) is 12.3. The number of nitrogens with zero attached hydrogens (tertiary/aromatic N) is 1. The van der Waals surface area contributed by atoms with Crippen molar-refractivity contribution < 1.29 is 28.6 Å². The van der Waals surface area contributed by atoms with Crippen LogP contribution in [0.1, 0.15) is 48.0 Å². The molecule has 1 aliphatic rings. The van der Waals surface area contributed by atoms with Crippen molar-refractivity contribution in [3.63, 3.8) is 0 Å². The normalized spacial score (nSPS) is 19.1. The van der Waals surface area contributed by atoms with Gasteiger partial charge < -0.3 is 14.2 Å². The molecule has 9 nitrogen and oxygen atoms in total. The van der Waals surface area contributed by atoms with Crippen molar-refractivity contribution >= 4 is 24.1 Å². The maximum atomic E-state index is 12.0. The van der Waals surface area contributed by atoms with Gasteiger partial charge in [0, 0.05) is 0 Å². The van der Waals surface area contributed by atoms with Gasteiger partial charge in [0.1, 0.15) is 11.2 Å². The minimum absolute atomic E-state index is 0.126. The van der Waals surface area contributed by atoms with Gasteiger partial charge in [-0.25, -0.2) is 14.6 Å². The number of alkyl carbamates (subject to hydrolysis) is 2. The van der Waals surface area contributed by atoms with Gasteiger partial charge in [-0.15, -0.1) is 0 Å². The number of hydrogen-bond donors (Lipinski definition) is 2. The number of guanidine groups is 1. The van der Waals surface area contributed by atoms with E-state index in [1.807, 2.05) is 0 Å². The number of esters is 1. The summed E-state index contributed by atoms with van der Waals surface area (Å²) >= 11 is 0. The van der Waals surface area contributed by atoms with Crippen molar-refractivity contribution in [1.29, 1.82) is 0 Å². The first kappa shape index (κ1) is 22.5. The molecule has 0 saturated heterocycles. The molecule has 9 heteroatoms. The predicted molar refractivity (Wildman–Crippen MR) is 99.2 cm³/mol. The zero-order valence-electron chi connectivity index (χ0n) is 16.9. The molecule has 0 heterocycles. The third-order valence-corrected chi connectivity index (χ3v) is 3.10. The summed E-state index contributed by atoms with van der Waals surface area (Å²) in [5.74, 6) is -0.919. The molecule has 1 rings (SSSR count). The SMILES string of the molecule is COC(=O)[C@@H]1C=C[C@H](N=C(NC(=O)OC(C)(C)C)NC(=O)OC(C)(C)C)C1. The van der Waals surface area contributed by atoms with E-state index in [0.717, 1.165) is 0 Å². The van der Waals surface area contributed by atoms with E-state index >= 15 is 0 Å². The van der Waals surface area contributed by atoms with Gasteiger partial charge in [-0.1, -0.05) is 12.2 Å². The van der Waals surface area contributed by atoms with Crippen LogP contribution in [0.15, 0.2) is 17.1 Å². The molecule has 27 heavy (non-hydrogen) atoms. The van der Waals surface area contributed by atoms with E-state index in [4.69, 9.17) is 14.2 Å². The fraction of sp³-hybridized carbons (Fsp3) is 0.667. The predicted octanol–water partition coefficient (Wildman–Crippen LogP) is 2.51. The number of nitrogens with one attached hydrogen (secondary N) is 2. The topological polar surface area (TPSA) is 115 Å². The summed E-state index contributed by atoms with van der Waals surface area (Å²) in [6, 6.07) is -0.422. The van der Waals surface area contributed by atoms with E-state index in [9.17, 15) is 14.4 Å². The summed E-state index contributed by atoms with van der Waals surface area (Å²) < 4.78 is 15.1. The van der Waals surface area contributed by atoms with E-state index in [1.54, 1.807) is 53.7 Å². The smallest absolute Gasteiger partial charge is 0.414 e. The molecule has 2 N–H and O–H groups in total. The molecule has 0 spiro atoms. The summed E-state index contributed by atoms with van der Waals surface area (Å²) in [6.07, 6.45) is 2.20. The number of carbonyl (C=O) groups excluding carboxylic acids is 3. The Bertz CT molecular complexity index is 596. The molecule has 0 fully saturated rings. The summed E-state index contributed by atoms with van der Waals surface area (Å²) in [4.78, 5) is 40.0.